The summed E-state index contributed by atoms with van der Waals surface area (Å²) in [6.45, 7) is 12.2. The van der Waals surface area contributed by atoms with Gasteiger partial charge in [0.15, 0.2) is 0 Å². The lowest BCUT2D eigenvalue weighted by atomic mass is 9.89. The van der Waals surface area contributed by atoms with Crippen LogP contribution in [0.3, 0.4) is 0 Å². The van der Waals surface area contributed by atoms with Crippen molar-refractivity contribution in [2.45, 2.75) is 64.2 Å². The molecule has 0 aliphatic heterocycles. The molecule has 26 heavy (non-hydrogen) atoms. The third-order valence-corrected chi connectivity index (χ3v) is 5.95. The average molecular weight is 395 g/mol. The average Bonchev–Trinajstić information content (AvgIpc) is 2.52. The van der Waals surface area contributed by atoms with Crippen LogP contribution in [0.5, 0.6) is 5.75 Å². The fourth-order valence-electron chi connectivity index (χ4n) is 2.87. The summed E-state index contributed by atoms with van der Waals surface area (Å²) in [6, 6.07) is 10.4. The van der Waals surface area contributed by atoms with Gasteiger partial charge in [-0.1, -0.05) is 71.3 Å². The fraction of sp³-hybridized carbons (Fsp3) is 0.429. The molecule has 2 aromatic rings. The largest absolute Gasteiger partial charge is 0.379 e. The minimum atomic E-state index is -3.98. The highest BCUT2D eigenvalue weighted by molar-refractivity contribution is 7.87. The molecule has 0 amide bonds. The Kier molecular flexibility index (Phi) is 6.41. The van der Waals surface area contributed by atoms with Crippen LogP contribution in [0.4, 0.5) is 0 Å². The second kappa shape index (κ2) is 8.01. The van der Waals surface area contributed by atoms with Crippen molar-refractivity contribution in [1.29, 1.82) is 0 Å². The van der Waals surface area contributed by atoms with Gasteiger partial charge in [-0.05, 0) is 46.6 Å². The Morgan fingerprint density at radius 1 is 0.846 bits per heavy atom. The van der Waals surface area contributed by atoms with E-state index in [2.05, 4.69) is 13.8 Å². The Morgan fingerprint density at radius 3 is 1.81 bits per heavy atom. The lowest BCUT2D eigenvalue weighted by molar-refractivity contribution is 0.482. The molecule has 2 aromatic carbocycles. The first kappa shape index (κ1) is 20.8. The Balaban J connectivity index is 2.69. The second-order valence-electron chi connectivity index (χ2n) is 7.49. The first-order valence-corrected chi connectivity index (χ1v) is 10.7. The van der Waals surface area contributed by atoms with Gasteiger partial charge in [0, 0.05) is 11.1 Å². The molecule has 142 valence electrons. The topological polar surface area (TPSA) is 43.4 Å². The zero-order valence-electron chi connectivity index (χ0n) is 16.2. The number of hydrogen-bond donors (Lipinski definition) is 0. The van der Waals surface area contributed by atoms with Gasteiger partial charge in [-0.2, -0.15) is 8.42 Å². The van der Waals surface area contributed by atoms with E-state index in [1.807, 2.05) is 39.8 Å². The van der Waals surface area contributed by atoms with Crippen LogP contribution in [-0.2, 0) is 10.1 Å². The molecule has 0 aromatic heterocycles. The SMILES string of the molecule is CC(C)c1cc(C(C)C)c(S(=O)(=O)Oc2cccc(Cl)c2)c(C(C)C)c1. The van der Waals surface area contributed by atoms with Gasteiger partial charge in [0.1, 0.15) is 10.6 Å². The quantitative estimate of drug-likeness (QED) is 0.526. The van der Waals surface area contributed by atoms with Gasteiger partial charge in [-0.15, -0.1) is 0 Å². The fourth-order valence-corrected chi connectivity index (χ4v) is 4.65. The van der Waals surface area contributed by atoms with Crippen LogP contribution < -0.4 is 4.18 Å². The van der Waals surface area contributed by atoms with E-state index in [0.717, 1.165) is 16.7 Å². The first-order valence-electron chi connectivity index (χ1n) is 8.90. The van der Waals surface area contributed by atoms with Gasteiger partial charge in [-0.25, -0.2) is 0 Å². The molecular formula is C21H27ClO3S. The Labute approximate surface area is 162 Å². The van der Waals surface area contributed by atoms with Crippen molar-refractivity contribution in [3.05, 3.63) is 58.1 Å². The molecule has 0 aliphatic carbocycles. The zero-order valence-corrected chi connectivity index (χ0v) is 17.8. The van der Waals surface area contributed by atoms with Crippen LogP contribution in [0.1, 0.15) is 76.0 Å². The smallest absolute Gasteiger partial charge is 0.339 e. The lowest BCUT2D eigenvalue weighted by Crippen LogP contribution is -2.17. The van der Waals surface area contributed by atoms with Crippen molar-refractivity contribution < 1.29 is 12.6 Å². The number of hydrogen-bond acceptors (Lipinski definition) is 3. The summed E-state index contributed by atoms with van der Waals surface area (Å²) in [5.41, 5.74) is 2.72. The second-order valence-corrected chi connectivity index (χ2v) is 9.41. The lowest BCUT2D eigenvalue weighted by Gasteiger charge is -2.22. The predicted octanol–water partition coefficient (Wildman–Crippen LogP) is 6.48. The van der Waals surface area contributed by atoms with Crippen LogP contribution in [0.15, 0.2) is 41.3 Å². The first-order chi connectivity index (χ1) is 12.0. The summed E-state index contributed by atoms with van der Waals surface area (Å²) in [7, 11) is -3.98. The number of rotatable bonds is 6. The Bertz CT molecular complexity index is 855. The van der Waals surface area contributed by atoms with E-state index in [4.69, 9.17) is 15.8 Å². The van der Waals surface area contributed by atoms with Crippen molar-refractivity contribution >= 4 is 21.7 Å². The molecule has 0 heterocycles. The van der Waals surface area contributed by atoms with Crippen LogP contribution in [-0.4, -0.2) is 8.42 Å². The van der Waals surface area contributed by atoms with Gasteiger partial charge < -0.3 is 4.18 Å². The van der Waals surface area contributed by atoms with E-state index < -0.39 is 10.1 Å². The van der Waals surface area contributed by atoms with E-state index in [1.54, 1.807) is 18.2 Å². The molecule has 0 aliphatic rings. The number of halogens is 1. The monoisotopic (exact) mass is 394 g/mol. The highest BCUT2D eigenvalue weighted by atomic mass is 35.5. The van der Waals surface area contributed by atoms with Crippen molar-refractivity contribution in [1.82, 2.24) is 0 Å². The summed E-state index contributed by atoms with van der Waals surface area (Å²) in [6.07, 6.45) is 0. The molecule has 0 radical (unpaired) electrons. The Morgan fingerprint density at radius 2 is 1.38 bits per heavy atom. The molecule has 0 saturated heterocycles. The van der Waals surface area contributed by atoms with Gasteiger partial charge in [0.2, 0.25) is 0 Å². The molecule has 2 rings (SSSR count). The molecule has 0 fully saturated rings. The third kappa shape index (κ3) is 4.60. The van der Waals surface area contributed by atoms with Crippen molar-refractivity contribution in [2.24, 2.45) is 0 Å². The van der Waals surface area contributed by atoms with Gasteiger partial charge in [0.05, 0.1) is 0 Å². The van der Waals surface area contributed by atoms with Gasteiger partial charge in [0.25, 0.3) is 0 Å². The van der Waals surface area contributed by atoms with Crippen LogP contribution in [0.2, 0.25) is 5.02 Å². The van der Waals surface area contributed by atoms with Crippen molar-refractivity contribution in [3.8, 4) is 5.75 Å². The third-order valence-electron chi connectivity index (χ3n) is 4.33. The molecule has 0 unspecified atom stereocenters. The maximum Gasteiger partial charge on any atom is 0.339 e. The maximum atomic E-state index is 13.2. The van der Waals surface area contributed by atoms with Crippen LogP contribution in [0, 0.1) is 0 Å². The molecule has 5 heteroatoms. The maximum absolute atomic E-state index is 13.2. The predicted molar refractivity (Wildman–Crippen MR) is 108 cm³/mol. The molecule has 0 N–H and O–H groups in total. The van der Waals surface area contributed by atoms with Crippen LogP contribution in [0.25, 0.3) is 0 Å². The van der Waals surface area contributed by atoms with Crippen molar-refractivity contribution in [3.63, 3.8) is 0 Å². The Hall–Kier alpha value is -1.52. The number of benzene rings is 2. The summed E-state index contributed by atoms with van der Waals surface area (Å²) in [5.74, 6) is 0.642. The highest BCUT2D eigenvalue weighted by Gasteiger charge is 2.28. The molecule has 0 atom stereocenters. The molecule has 0 bridgehead atoms. The van der Waals surface area contributed by atoms with E-state index in [1.165, 1.54) is 6.07 Å². The highest BCUT2D eigenvalue weighted by Crippen LogP contribution is 2.36. The van der Waals surface area contributed by atoms with Gasteiger partial charge >= 0.3 is 10.1 Å². The van der Waals surface area contributed by atoms with E-state index >= 15 is 0 Å². The molecule has 3 nitrogen and oxygen atoms in total. The van der Waals surface area contributed by atoms with Crippen molar-refractivity contribution in [2.75, 3.05) is 0 Å². The minimum Gasteiger partial charge on any atom is -0.379 e. The molecular weight excluding hydrogens is 368 g/mol. The van der Waals surface area contributed by atoms with Gasteiger partial charge in [-0.3, -0.25) is 0 Å². The molecule has 0 saturated carbocycles. The normalized spacial score (nSPS) is 12.2. The standard InChI is InChI=1S/C21H27ClO3S/c1-13(2)16-10-19(14(3)4)21(20(11-16)15(5)6)26(23,24)25-18-9-7-8-17(22)12-18/h7-15H,1-6H3. The zero-order chi connectivity index (χ0) is 19.6. The minimum absolute atomic E-state index is 0.0546. The van der Waals surface area contributed by atoms with Crippen LogP contribution >= 0.6 is 11.6 Å². The summed E-state index contributed by atoms with van der Waals surface area (Å²) in [4.78, 5) is 0.284. The van der Waals surface area contributed by atoms with E-state index in [-0.39, 0.29) is 22.5 Å². The summed E-state index contributed by atoms with van der Waals surface area (Å²) in [5, 5.41) is 0.432. The summed E-state index contributed by atoms with van der Waals surface area (Å²) >= 11 is 5.96. The van der Waals surface area contributed by atoms with E-state index in [0.29, 0.717) is 10.9 Å². The molecule has 0 spiro atoms. The van der Waals surface area contributed by atoms with E-state index in [9.17, 15) is 8.42 Å². The summed E-state index contributed by atoms with van der Waals surface area (Å²) < 4.78 is 31.8.